The van der Waals surface area contributed by atoms with Crippen molar-refractivity contribution in [3.05, 3.63) is 47.9 Å². The Labute approximate surface area is 143 Å². The maximum atomic E-state index is 12.7. The van der Waals surface area contributed by atoms with Crippen LogP contribution in [0.25, 0.3) is 0 Å². The van der Waals surface area contributed by atoms with Crippen LogP contribution in [0.3, 0.4) is 0 Å². The maximum absolute atomic E-state index is 12.7. The van der Waals surface area contributed by atoms with E-state index in [4.69, 9.17) is 0 Å². The molecule has 0 saturated carbocycles. The molecule has 2 amide bonds. The van der Waals surface area contributed by atoms with E-state index in [-0.39, 0.29) is 11.6 Å². The summed E-state index contributed by atoms with van der Waals surface area (Å²) >= 11 is 0. The summed E-state index contributed by atoms with van der Waals surface area (Å²) in [7, 11) is 0. The predicted octanol–water partition coefficient (Wildman–Crippen LogP) is 2.01. The van der Waals surface area contributed by atoms with Crippen LogP contribution < -0.4 is 5.32 Å². The van der Waals surface area contributed by atoms with E-state index in [2.05, 4.69) is 15.0 Å². The summed E-state index contributed by atoms with van der Waals surface area (Å²) in [6, 6.07) is 7.00. The lowest BCUT2D eigenvalue weighted by molar-refractivity contribution is -0.143. The molecule has 1 aromatic heterocycles. The highest BCUT2D eigenvalue weighted by Gasteiger charge is 2.32. The molecule has 8 nitrogen and oxygen atoms in total. The van der Waals surface area contributed by atoms with Crippen molar-refractivity contribution < 1.29 is 24.0 Å². The number of carbonyl (C=O) groups is 3. The average Bonchev–Trinajstić information content (AvgIpc) is 3.16. The molecule has 8 heteroatoms. The van der Waals surface area contributed by atoms with Gasteiger partial charge in [0, 0.05) is 23.9 Å². The summed E-state index contributed by atoms with van der Waals surface area (Å²) in [4.78, 5) is 37.5. The normalized spacial score (nSPS) is 17.1. The number of hydrogen-bond donors (Lipinski definition) is 2. The number of likely N-dealkylation sites (tertiary alicyclic amines) is 1. The Balaban J connectivity index is 1.77. The van der Waals surface area contributed by atoms with E-state index in [1.165, 1.54) is 23.3 Å². The van der Waals surface area contributed by atoms with E-state index >= 15 is 0 Å². The highest BCUT2D eigenvalue weighted by atomic mass is 16.5. The van der Waals surface area contributed by atoms with Crippen LogP contribution in [0, 0.1) is 0 Å². The fourth-order valence-electron chi connectivity index (χ4n) is 2.85. The lowest BCUT2D eigenvalue weighted by Gasteiger charge is -2.33. The highest BCUT2D eigenvalue weighted by Crippen LogP contribution is 2.21. The predicted molar refractivity (Wildman–Crippen MR) is 87.2 cm³/mol. The molecular formula is C17H17N3O5. The third kappa shape index (κ3) is 3.68. The second-order valence-electron chi connectivity index (χ2n) is 5.77. The van der Waals surface area contributed by atoms with E-state index in [1.54, 1.807) is 18.2 Å². The Morgan fingerprint density at radius 3 is 2.80 bits per heavy atom. The number of piperidine rings is 1. The minimum atomic E-state index is -0.997. The fourth-order valence-corrected chi connectivity index (χ4v) is 2.85. The van der Waals surface area contributed by atoms with Crippen LogP contribution >= 0.6 is 0 Å². The Kier molecular flexibility index (Phi) is 4.78. The Hall–Kier alpha value is -3.16. The maximum Gasteiger partial charge on any atom is 0.326 e. The monoisotopic (exact) mass is 343 g/mol. The molecule has 1 aliphatic rings. The molecule has 1 aliphatic heterocycles. The topological polar surface area (TPSA) is 113 Å². The van der Waals surface area contributed by atoms with Gasteiger partial charge < -0.3 is 19.8 Å². The molecule has 130 valence electrons. The van der Waals surface area contributed by atoms with Crippen molar-refractivity contribution in [3.63, 3.8) is 0 Å². The number of rotatable bonds is 4. The number of aromatic nitrogens is 1. The van der Waals surface area contributed by atoms with E-state index in [9.17, 15) is 19.5 Å². The van der Waals surface area contributed by atoms with Gasteiger partial charge in [0.2, 0.25) is 0 Å². The van der Waals surface area contributed by atoms with Gasteiger partial charge in [0.1, 0.15) is 12.3 Å². The van der Waals surface area contributed by atoms with E-state index in [1.807, 2.05) is 0 Å². The van der Waals surface area contributed by atoms with Crippen LogP contribution in [-0.2, 0) is 4.79 Å². The highest BCUT2D eigenvalue weighted by molar-refractivity contribution is 6.04. The number of carbonyl (C=O) groups excluding carboxylic acids is 2. The van der Waals surface area contributed by atoms with Gasteiger partial charge in [0.15, 0.2) is 5.69 Å². The average molecular weight is 343 g/mol. The largest absolute Gasteiger partial charge is 0.480 e. The first-order valence-corrected chi connectivity index (χ1v) is 7.92. The fraction of sp³-hybridized carbons (Fsp3) is 0.294. The molecule has 0 unspecified atom stereocenters. The minimum Gasteiger partial charge on any atom is -0.480 e. The van der Waals surface area contributed by atoms with Crippen molar-refractivity contribution in [3.8, 4) is 0 Å². The third-order valence-corrected chi connectivity index (χ3v) is 4.09. The quantitative estimate of drug-likeness (QED) is 0.878. The number of aliphatic carboxylic acids is 1. The van der Waals surface area contributed by atoms with E-state index < -0.39 is 17.9 Å². The molecule has 1 saturated heterocycles. The van der Waals surface area contributed by atoms with Crippen LogP contribution in [0.2, 0.25) is 0 Å². The van der Waals surface area contributed by atoms with Gasteiger partial charge >= 0.3 is 5.97 Å². The summed E-state index contributed by atoms with van der Waals surface area (Å²) in [5.74, 6) is -1.81. The molecule has 0 bridgehead atoms. The lowest BCUT2D eigenvalue weighted by Crippen LogP contribution is -2.48. The first-order chi connectivity index (χ1) is 12.1. The Morgan fingerprint density at radius 1 is 1.24 bits per heavy atom. The summed E-state index contributed by atoms with van der Waals surface area (Å²) in [5.41, 5.74) is 0.868. The van der Waals surface area contributed by atoms with Crippen LogP contribution in [0.5, 0.6) is 0 Å². The van der Waals surface area contributed by atoms with Gasteiger partial charge in [-0.15, -0.1) is 0 Å². The number of nitrogens with zero attached hydrogens (tertiary/aromatic N) is 2. The zero-order valence-electron chi connectivity index (χ0n) is 13.3. The molecule has 0 spiro atoms. The number of amides is 2. The number of nitrogens with one attached hydrogen (secondary N) is 1. The van der Waals surface area contributed by atoms with Crippen LogP contribution in [0.15, 0.2) is 41.1 Å². The second-order valence-corrected chi connectivity index (χ2v) is 5.77. The number of benzene rings is 1. The first kappa shape index (κ1) is 16.7. The minimum absolute atomic E-state index is 0.124. The summed E-state index contributed by atoms with van der Waals surface area (Å²) in [6.45, 7) is 0.408. The van der Waals surface area contributed by atoms with Crippen LogP contribution in [-0.4, -0.2) is 45.5 Å². The number of carboxylic acids is 1. The number of hydrogen-bond acceptors (Lipinski definition) is 5. The summed E-state index contributed by atoms with van der Waals surface area (Å²) in [6.07, 6.45) is 3.30. The molecule has 1 fully saturated rings. The van der Waals surface area contributed by atoms with Crippen molar-refractivity contribution in [1.29, 1.82) is 0 Å². The SMILES string of the molecule is O=C(Nc1cccc(C(=O)N2CCCC[C@@H]2C(=O)O)c1)c1ccon1. The smallest absolute Gasteiger partial charge is 0.326 e. The second kappa shape index (κ2) is 7.16. The van der Waals surface area contributed by atoms with E-state index in [0.29, 0.717) is 24.2 Å². The molecule has 0 aliphatic carbocycles. The molecular weight excluding hydrogens is 326 g/mol. The molecule has 1 aromatic carbocycles. The van der Waals surface area contributed by atoms with Gasteiger partial charge in [-0.25, -0.2) is 4.79 Å². The molecule has 0 radical (unpaired) electrons. The molecule has 2 heterocycles. The summed E-state index contributed by atoms with van der Waals surface area (Å²) < 4.78 is 4.62. The molecule has 2 aromatic rings. The van der Waals surface area contributed by atoms with Crippen LogP contribution in [0.4, 0.5) is 5.69 Å². The van der Waals surface area contributed by atoms with Crippen molar-refractivity contribution in [2.24, 2.45) is 0 Å². The standard InChI is InChI=1S/C17H17N3O5/c21-15(13-7-9-25-19-13)18-12-5-3-4-11(10-12)16(22)20-8-2-1-6-14(20)17(23)24/h3-5,7,9-10,14H,1-2,6,8H2,(H,18,21)(H,23,24)/t14-/m1/s1. The van der Waals surface area contributed by atoms with Gasteiger partial charge in [0.05, 0.1) is 0 Å². The summed E-state index contributed by atoms with van der Waals surface area (Å²) in [5, 5.41) is 15.5. The van der Waals surface area contributed by atoms with Gasteiger partial charge in [-0.1, -0.05) is 11.2 Å². The van der Waals surface area contributed by atoms with Crippen molar-refractivity contribution in [1.82, 2.24) is 10.1 Å². The van der Waals surface area contributed by atoms with Gasteiger partial charge in [-0.2, -0.15) is 0 Å². The Bertz CT molecular complexity index is 787. The van der Waals surface area contributed by atoms with Gasteiger partial charge in [-0.3, -0.25) is 9.59 Å². The molecule has 25 heavy (non-hydrogen) atoms. The van der Waals surface area contributed by atoms with Crippen molar-refractivity contribution >= 4 is 23.5 Å². The number of carboxylic acid groups (broad SMARTS) is 1. The first-order valence-electron chi connectivity index (χ1n) is 7.92. The van der Waals surface area contributed by atoms with Crippen LogP contribution in [0.1, 0.15) is 40.1 Å². The van der Waals surface area contributed by atoms with Gasteiger partial charge in [-0.05, 0) is 37.5 Å². The van der Waals surface area contributed by atoms with Crippen molar-refractivity contribution in [2.45, 2.75) is 25.3 Å². The zero-order chi connectivity index (χ0) is 17.8. The number of anilines is 1. The Morgan fingerprint density at radius 2 is 2.08 bits per heavy atom. The van der Waals surface area contributed by atoms with Gasteiger partial charge in [0.25, 0.3) is 11.8 Å². The lowest BCUT2D eigenvalue weighted by atomic mass is 10.0. The molecule has 2 N–H and O–H groups in total. The molecule has 3 rings (SSSR count). The van der Waals surface area contributed by atoms with E-state index in [0.717, 1.165) is 12.8 Å². The molecule has 1 atom stereocenters. The third-order valence-electron chi connectivity index (χ3n) is 4.09. The van der Waals surface area contributed by atoms with Crippen molar-refractivity contribution in [2.75, 3.05) is 11.9 Å². The zero-order valence-corrected chi connectivity index (χ0v) is 13.3.